The van der Waals surface area contributed by atoms with E-state index < -0.39 is 0 Å². The molecule has 1 aromatic heterocycles. The molecule has 2 aliphatic rings. The SMILES string of the molecule is [C-]#[N+]\C(C#N)=C1/C(=C/C=C/c2c3n(c4ccccc24)CCCC3)C(=O)c2ccccc21. The summed E-state index contributed by atoms with van der Waals surface area (Å²) in [7, 11) is 0. The molecule has 0 fully saturated rings. The van der Waals surface area contributed by atoms with Crippen molar-refractivity contribution in [3.8, 4) is 6.07 Å². The normalized spacial score (nSPS) is 18.1. The Balaban J connectivity index is 1.63. The Labute approximate surface area is 180 Å². The Morgan fingerprint density at radius 1 is 1.10 bits per heavy atom. The van der Waals surface area contributed by atoms with Crippen molar-refractivity contribution >= 4 is 28.3 Å². The topological polar surface area (TPSA) is 50.1 Å². The van der Waals surface area contributed by atoms with Crippen molar-refractivity contribution in [3.05, 3.63) is 106 Å². The molecule has 148 valence electrons. The van der Waals surface area contributed by atoms with Crippen LogP contribution < -0.4 is 0 Å². The van der Waals surface area contributed by atoms with Crippen molar-refractivity contribution in [2.75, 3.05) is 0 Å². The molecule has 31 heavy (non-hydrogen) atoms. The maximum atomic E-state index is 13.0. The molecule has 0 saturated carbocycles. The van der Waals surface area contributed by atoms with Gasteiger partial charge in [-0.3, -0.25) is 4.79 Å². The zero-order chi connectivity index (χ0) is 21.4. The molecule has 0 unspecified atom stereocenters. The summed E-state index contributed by atoms with van der Waals surface area (Å²) >= 11 is 0. The number of fused-ring (bicyclic) bond motifs is 4. The van der Waals surface area contributed by atoms with Gasteiger partial charge < -0.3 is 4.57 Å². The van der Waals surface area contributed by atoms with Crippen molar-refractivity contribution in [2.45, 2.75) is 25.8 Å². The van der Waals surface area contributed by atoms with Crippen LogP contribution in [0.4, 0.5) is 0 Å². The highest BCUT2D eigenvalue weighted by molar-refractivity contribution is 6.27. The van der Waals surface area contributed by atoms with Crippen LogP contribution in [0.3, 0.4) is 0 Å². The molecule has 0 radical (unpaired) electrons. The second-order valence-corrected chi connectivity index (χ2v) is 7.75. The third-order valence-corrected chi connectivity index (χ3v) is 6.10. The van der Waals surface area contributed by atoms with E-state index in [4.69, 9.17) is 6.57 Å². The summed E-state index contributed by atoms with van der Waals surface area (Å²) in [6, 6.07) is 17.6. The van der Waals surface area contributed by atoms with E-state index in [9.17, 15) is 10.1 Å². The van der Waals surface area contributed by atoms with Crippen LogP contribution in [0, 0.1) is 17.9 Å². The van der Waals surface area contributed by atoms with Crippen LogP contribution in [-0.4, -0.2) is 10.4 Å². The van der Waals surface area contributed by atoms with Gasteiger partial charge in [0.25, 0.3) is 5.70 Å². The number of para-hydroxylation sites is 1. The number of ketones is 1. The average molecular weight is 401 g/mol. The monoisotopic (exact) mass is 401 g/mol. The van der Waals surface area contributed by atoms with Gasteiger partial charge in [-0.15, -0.1) is 0 Å². The van der Waals surface area contributed by atoms with E-state index in [1.165, 1.54) is 35.0 Å². The molecular formula is C27H19N3O. The number of aryl methyl sites for hydroxylation is 1. The molecule has 0 N–H and O–H groups in total. The molecule has 0 spiro atoms. The second-order valence-electron chi connectivity index (χ2n) is 7.75. The van der Waals surface area contributed by atoms with E-state index in [-0.39, 0.29) is 11.5 Å². The zero-order valence-corrected chi connectivity index (χ0v) is 16.9. The third kappa shape index (κ3) is 2.93. The molecule has 0 amide bonds. The number of allylic oxidation sites excluding steroid dienone is 5. The number of rotatable bonds is 2. The predicted octanol–water partition coefficient (Wildman–Crippen LogP) is 5.97. The molecule has 0 saturated heterocycles. The van der Waals surface area contributed by atoms with Gasteiger partial charge in [-0.2, -0.15) is 0 Å². The van der Waals surface area contributed by atoms with Crippen LogP contribution in [-0.2, 0) is 13.0 Å². The number of Topliss-reactive ketones (excluding diaryl/α,β-unsaturated/α-hetero) is 1. The van der Waals surface area contributed by atoms with Gasteiger partial charge in [0.2, 0.25) is 0 Å². The van der Waals surface area contributed by atoms with Crippen molar-refractivity contribution in [2.24, 2.45) is 0 Å². The lowest BCUT2D eigenvalue weighted by Gasteiger charge is -2.16. The first-order valence-corrected chi connectivity index (χ1v) is 10.4. The van der Waals surface area contributed by atoms with Crippen LogP contribution in [0.15, 0.2) is 72.0 Å². The number of nitrogens with zero attached hydrogens (tertiary/aromatic N) is 3. The Hall–Kier alpha value is -4.15. The van der Waals surface area contributed by atoms with E-state index in [0.717, 1.165) is 13.0 Å². The number of carbonyl (C=O) groups excluding carboxylic acids is 1. The molecule has 4 nitrogen and oxygen atoms in total. The predicted molar refractivity (Wildman–Crippen MR) is 122 cm³/mol. The van der Waals surface area contributed by atoms with Crippen LogP contribution >= 0.6 is 0 Å². The minimum atomic E-state index is -0.143. The standard InChI is InChI=1S/C27H19N3O/c1-29-23(17-28)26-20-10-2-3-11-21(20)27(31)22(26)13-8-12-19-18-9-4-5-14-24(18)30-16-7-6-15-25(19)30/h2-5,8-14H,6-7,15-16H2/b12-8+,22-13-,26-23-. The first-order valence-electron chi connectivity index (χ1n) is 10.4. The Kier molecular flexibility index (Phi) is 4.62. The van der Waals surface area contributed by atoms with Crippen LogP contribution in [0.2, 0.25) is 0 Å². The summed E-state index contributed by atoms with van der Waals surface area (Å²) in [4.78, 5) is 16.4. The summed E-state index contributed by atoms with van der Waals surface area (Å²) in [5, 5.41) is 10.7. The quantitative estimate of drug-likeness (QED) is 0.302. The maximum absolute atomic E-state index is 13.0. The highest BCUT2D eigenvalue weighted by Gasteiger charge is 2.31. The van der Waals surface area contributed by atoms with Crippen molar-refractivity contribution < 1.29 is 4.79 Å². The van der Waals surface area contributed by atoms with Crippen molar-refractivity contribution in [1.29, 1.82) is 5.26 Å². The second kappa shape index (κ2) is 7.59. The number of carbonyl (C=O) groups is 1. The highest BCUT2D eigenvalue weighted by atomic mass is 16.1. The number of hydrogen-bond acceptors (Lipinski definition) is 2. The van der Waals surface area contributed by atoms with E-state index in [1.807, 2.05) is 18.2 Å². The zero-order valence-electron chi connectivity index (χ0n) is 16.9. The molecule has 1 aliphatic heterocycles. The summed E-state index contributed by atoms with van der Waals surface area (Å²) in [5.74, 6) is -0.143. The number of nitriles is 1. The lowest BCUT2D eigenvalue weighted by atomic mass is 10.0. The fourth-order valence-corrected chi connectivity index (χ4v) is 4.75. The summed E-state index contributed by atoms with van der Waals surface area (Å²) in [6.45, 7) is 8.42. The summed E-state index contributed by atoms with van der Waals surface area (Å²) < 4.78 is 2.40. The van der Waals surface area contributed by atoms with Gasteiger partial charge in [0.05, 0.1) is 12.6 Å². The molecule has 0 bridgehead atoms. The van der Waals surface area contributed by atoms with Gasteiger partial charge >= 0.3 is 0 Å². The third-order valence-electron chi connectivity index (χ3n) is 6.10. The number of benzene rings is 2. The highest BCUT2D eigenvalue weighted by Crippen LogP contribution is 2.39. The average Bonchev–Trinajstić information content (AvgIpc) is 3.28. The van der Waals surface area contributed by atoms with Gasteiger partial charge in [-0.25, -0.2) is 10.1 Å². The van der Waals surface area contributed by atoms with E-state index in [1.54, 1.807) is 24.3 Å². The van der Waals surface area contributed by atoms with Gasteiger partial charge in [0, 0.05) is 45.4 Å². The van der Waals surface area contributed by atoms with E-state index >= 15 is 0 Å². The Morgan fingerprint density at radius 2 is 1.87 bits per heavy atom. The smallest absolute Gasteiger partial charge is 0.270 e. The molecule has 5 rings (SSSR count). The molecule has 1 aliphatic carbocycles. The first kappa shape index (κ1) is 18.9. The van der Waals surface area contributed by atoms with Gasteiger partial charge in [-0.1, -0.05) is 60.7 Å². The Morgan fingerprint density at radius 3 is 2.68 bits per heavy atom. The van der Waals surface area contributed by atoms with Crippen LogP contribution in [0.1, 0.15) is 40.0 Å². The molecule has 3 aromatic rings. The molecule has 0 atom stereocenters. The number of hydrogen-bond donors (Lipinski definition) is 0. The molecular weight excluding hydrogens is 382 g/mol. The van der Waals surface area contributed by atoms with E-state index in [2.05, 4.69) is 39.8 Å². The largest absolute Gasteiger partial charge is 0.344 e. The minimum absolute atomic E-state index is 0.0513. The summed E-state index contributed by atoms with van der Waals surface area (Å²) in [6.07, 6.45) is 9.10. The number of aromatic nitrogens is 1. The molecule has 2 aromatic carbocycles. The summed E-state index contributed by atoms with van der Waals surface area (Å²) in [5.41, 5.74) is 5.75. The Bertz CT molecular complexity index is 1400. The van der Waals surface area contributed by atoms with Crippen LogP contribution in [0.25, 0.3) is 27.4 Å². The lowest BCUT2D eigenvalue weighted by Crippen LogP contribution is -2.09. The van der Waals surface area contributed by atoms with Gasteiger partial charge in [-0.05, 0) is 30.9 Å². The van der Waals surface area contributed by atoms with Crippen LogP contribution in [0.5, 0.6) is 0 Å². The minimum Gasteiger partial charge on any atom is -0.344 e. The molecule has 2 heterocycles. The van der Waals surface area contributed by atoms with Crippen molar-refractivity contribution in [1.82, 2.24) is 4.57 Å². The fourth-order valence-electron chi connectivity index (χ4n) is 4.75. The van der Waals surface area contributed by atoms with E-state index in [0.29, 0.717) is 22.3 Å². The maximum Gasteiger partial charge on any atom is 0.270 e. The van der Waals surface area contributed by atoms with Gasteiger partial charge in [0.15, 0.2) is 5.78 Å². The first-order chi connectivity index (χ1) is 15.2. The fraction of sp³-hybridized carbons (Fsp3) is 0.148. The lowest BCUT2D eigenvalue weighted by molar-refractivity contribution is 0.104. The molecule has 4 heteroatoms. The van der Waals surface area contributed by atoms with Gasteiger partial charge in [0.1, 0.15) is 0 Å². The van der Waals surface area contributed by atoms with Crippen molar-refractivity contribution in [3.63, 3.8) is 0 Å².